The normalized spacial score (nSPS) is 9.57. The van der Waals surface area contributed by atoms with Gasteiger partial charge in [0.05, 0.1) is 0 Å². The maximum Gasteiger partial charge on any atom is -0.0351 e. The molecule has 0 bridgehead atoms. The highest BCUT2D eigenvalue weighted by atomic mass is 13.9. The minimum atomic E-state index is 0.581. The summed E-state index contributed by atoms with van der Waals surface area (Å²) < 4.78 is 0. The second-order valence-electron chi connectivity index (χ2n) is 1.97. The molecule has 1 atom stereocenters. The fraction of sp³-hybridized carbons (Fsp3) is 0.571. The minimum absolute atomic E-state index is 0.581. The van der Waals surface area contributed by atoms with Crippen molar-refractivity contribution in [1.29, 1.82) is 0 Å². The van der Waals surface area contributed by atoms with E-state index in [-0.39, 0.29) is 0 Å². The van der Waals surface area contributed by atoms with Crippen LogP contribution in [0.2, 0.25) is 0 Å². The topological polar surface area (TPSA) is 0 Å². The largest absolute Gasteiger partial charge is 0.103 e. The zero-order valence-electron chi connectivity index (χ0n) is 4.98. The van der Waals surface area contributed by atoms with Gasteiger partial charge in [0.25, 0.3) is 0 Å². The maximum atomic E-state index is 3.83. The van der Waals surface area contributed by atoms with Crippen molar-refractivity contribution >= 4 is 0 Å². The first kappa shape index (κ1) is 6.74. The van der Waals surface area contributed by atoms with Crippen LogP contribution in [0.4, 0.5) is 0 Å². The molecule has 0 heterocycles. The van der Waals surface area contributed by atoms with E-state index in [1.54, 1.807) is 0 Å². The van der Waals surface area contributed by atoms with Crippen LogP contribution in [0.5, 0.6) is 0 Å². The highest BCUT2D eigenvalue weighted by Crippen LogP contribution is 2.01. The summed E-state index contributed by atoms with van der Waals surface area (Å²) >= 11 is 0. The summed E-state index contributed by atoms with van der Waals surface area (Å²) in [6.07, 6.45) is 4.20. The van der Waals surface area contributed by atoms with Gasteiger partial charge in [-0.15, -0.1) is 6.58 Å². The third-order valence-corrected chi connectivity index (χ3v) is 0.864. The lowest BCUT2D eigenvalue weighted by Gasteiger charge is -1.96. The van der Waals surface area contributed by atoms with Crippen molar-refractivity contribution in [2.75, 3.05) is 0 Å². The molecular formula is C7H13. The molecule has 1 unspecified atom stereocenters. The van der Waals surface area contributed by atoms with Crippen LogP contribution in [0.1, 0.15) is 19.8 Å². The van der Waals surface area contributed by atoms with Crippen LogP contribution in [0.15, 0.2) is 12.7 Å². The second kappa shape index (κ2) is 3.91. The Balaban J connectivity index is 2.81. The molecule has 7 heavy (non-hydrogen) atoms. The first-order valence-corrected chi connectivity index (χ1v) is 2.71. The van der Waals surface area contributed by atoms with Gasteiger partial charge in [-0.3, -0.25) is 0 Å². The fourth-order valence-electron chi connectivity index (χ4n) is 0.402. The molecule has 0 aliphatic rings. The van der Waals surface area contributed by atoms with E-state index in [4.69, 9.17) is 0 Å². The van der Waals surface area contributed by atoms with Gasteiger partial charge in [0.1, 0.15) is 0 Å². The van der Waals surface area contributed by atoms with E-state index in [9.17, 15) is 0 Å². The first-order chi connectivity index (χ1) is 3.27. The van der Waals surface area contributed by atoms with Gasteiger partial charge in [0.15, 0.2) is 0 Å². The Morgan fingerprint density at radius 2 is 2.29 bits per heavy atom. The fourth-order valence-corrected chi connectivity index (χ4v) is 0.402. The highest BCUT2D eigenvalue weighted by Gasteiger charge is 1.87. The SMILES string of the molecule is [CH2]C(C)CCC=C. The van der Waals surface area contributed by atoms with Crippen molar-refractivity contribution in [2.24, 2.45) is 5.92 Å². The number of rotatable bonds is 3. The number of hydrogen-bond acceptors (Lipinski definition) is 0. The minimum Gasteiger partial charge on any atom is -0.103 e. The Morgan fingerprint density at radius 1 is 1.71 bits per heavy atom. The van der Waals surface area contributed by atoms with Crippen LogP contribution in [0.25, 0.3) is 0 Å². The van der Waals surface area contributed by atoms with Gasteiger partial charge < -0.3 is 0 Å². The van der Waals surface area contributed by atoms with Gasteiger partial charge in [-0.05, 0) is 18.8 Å². The summed E-state index contributed by atoms with van der Waals surface area (Å²) in [5.41, 5.74) is 0. The second-order valence-corrected chi connectivity index (χ2v) is 1.97. The quantitative estimate of drug-likeness (QED) is 0.474. The number of allylic oxidation sites excluding steroid dienone is 1. The molecule has 0 fully saturated rings. The van der Waals surface area contributed by atoms with Crippen LogP contribution in [0, 0.1) is 12.8 Å². The summed E-state index contributed by atoms with van der Waals surface area (Å²) in [5.74, 6) is 0.581. The Hall–Kier alpha value is -0.260. The van der Waals surface area contributed by atoms with Gasteiger partial charge in [-0.2, -0.15) is 0 Å². The van der Waals surface area contributed by atoms with Crippen molar-refractivity contribution in [3.05, 3.63) is 19.6 Å². The van der Waals surface area contributed by atoms with Gasteiger partial charge in [-0.1, -0.05) is 19.9 Å². The van der Waals surface area contributed by atoms with E-state index < -0.39 is 0 Å². The smallest absolute Gasteiger partial charge is 0.0351 e. The maximum absolute atomic E-state index is 3.83. The predicted octanol–water partition coefficient (Wildman–Crippen LogP) is 2.42. The lowest BCUT2D eigenvalue weighted by atomic mass is 10.1. The van der Waals surface area contributed by atoms with E-state index in [1.807, 2.05) is 6.08 Å². The molecule has 0 aliphatic heterocycles. The van der Waals surface area contributed by atoms with Gasteiger partial charge in [0.2, 0.25) is 0 Å². The van der Waals surface area contributed by atoms with Crippen molar-refractivity contribution in [1.82, 2.24) is 0 Å². The summed E-state index contributed by atoms with van der Waals surface area (Å²) in [7, 11) is 0. The molecule has 0 saturated carbocycles. The zero-order valence-corrected chi connectivity index (χ0v) is 4.98. The van der Waals surface area contributed by atoms with E-state index in [1.165, 1.54) is 6.42 Å². The molecule has 0 amide bonds. The Labute approximate surface area is 46.2 Å². The summed E-state index contributed by atoms with van der Waals surface area (Å²) in [4.78, 5) is 0. The van der Waals surface area contributed by atoms with Crippen LogP contribution in [-0.4, -0.2) is 0 Å². The molecule has 0 aromatic heterocycles. The molecule has 0 spiro atoms. The monoisotopic (exact) mass is 97.1 g/mol. The zero-order chi connectivity index (χ0) is 5.70. The van der Waals surface area contributed by atoms with Crippen molar-refractivity contribution in [3.8, 4) is 0 Å². The van der Waals surface area contributed by atoms with Gasteiger partial charge in [0, 0.05) is 0 Å². The van der Waals surface area contributed by atoms with Crippen molar-refractivity contribution < 1.29 is 0 Å². The van der Waals surface area contributed by atoms with E-state index in [0.29, 0.717) is 5.92 Å². The third-order valence-electron chi connectivity index (χ3n) is 0.864. The first-order valence-electron chi connectivity index (χ1n) is 2.71. The predicted molar refractivity (Wildman–Crippen MR) is 34.0 cm³/mol. The Bertz CT molecular complexity index is 44.0. The van der Waals surface area contributed by atoms with Crippen LogP contribution >= 0.6 is 0 Å². The molecule has 41 valence electrons. The summed E-state index contributed by atoms with van der Waals surface area (Å²) in [6, 6.07) is 0. The number of hydrogen-bond donors (Lipinski definition) is 0. The van der Waals surface area contributed by atoms with E-state index >= 15 is 0 Å². The average Bonchev–Trinajstić information content (AvgIpc) is 1.61. The molecule has 0 nitrogen and oxygen atoms in total. The molecule has 0 rings (SSSR count). The van der Waals surface area contributed by atoms with Crippen molar-refractivity contribution in [3.63, 3.8) is 0 Å². The average molecular weight is 97.2 g/mol. The molecule has 0 saturated heterocycles. The lowest BCUT2D eigenvalue weighted by molar-refractivity contribution is 0.654. The van der Waals surface area contributed by atoms with Gasteiger partial charge >= 0.3 is 0 Å². The molecule has 0 N–H and O–H groups in total. The highest BCUT2D eigenvalue weighted by molar-refractivity contribution is 4.68. The summed E-state index contributed by atoms with van der Waals surface area (Å²) in [5, 5.41) is 0. The lowest BCUT2D eigenvalue weighted by Crippen LogP contribution is -1.83. The molecule has 0 aliphatic carbocycles. The molecular weight excluding hydrogens is 84.1 g/mol. The standard InChI is InChI=1S/C7H13/c1-4-5-6-7(2)3/h4,7H,1-2,5-6H2,3H3. The molecule has 1 radical (unpaired) electrons. The Kier molecular flexibility index (Phi) is 3.77. The van der Waals surface area contributed by atoms with Gasteiger partial charge in [-0.25, -0.2) is 0 Å². The van der Waals surface area contributed by atoms with Crippen LogP contribution in [0.3, 0.4) is 0 Å². The van der Waals surface area contributed by atoms with Crippen molar-refractivity contribution in [2.45, 2.75) is 19.8 Å². The van der Waals surface area contributed by atoms with Crippen LogP contribution in [-0.2, 0) is 0 Å². The molecule has 0 aromatic rings. The summed E-state index contributed by atoms with van der Waals surface area (Å²) in [6.45, 7) is 9.55. The van der Waals surface area contributed by atoms with E-state index in [0.717, 1.165) is 6.42 Å². The molecule has 0 heteroatoms. The van der Waals surface area contributed by atoms with Crippen LogP contribution < -0.4 is 0 Å². The molecule has 0 aromatic carbocycles. The third kappa shape index (κ3) is 5.74. The van der Waals surface area contributed by atoms with E-state index in [2.05, 4.69) is 20.4 Å². The Morgan fingerprint density at radius 3 is 2.43 bits per heavy atom.